The van der Waals surface area contributed by atoms with Crippen LogP contribution in [-0.4, -0.2) is 39.0 Å². The van der Waals surface area contributed by atoms with Crippen molar-refractivity contribution in [3.63, 3.8) is 0 Å². The maximum atomic E-state index is 13.6. The number of nitriles is 1. The molecule has 0 radical (unpaired) electrons. The molecule has 1 N–H and O–H groups in total. The van der Waals surface area contributed by atoms with Crippen molar-refractivity contribution in [1.29, 1.82) is 5.26 Å². The molecule has 0 unspecified atom stereocenters. The lowest BCUT2D eigenvalue weighted by molar-refractivity contribution is 0.0756. The zero-order chi connectivity index (χ0) is 29.0. The van der Waals surface area contributed by atoms with E-state index in [0.29, 0.717) is 69.8 Å². The number of fused-ring (bicyclic) bond motifs is 1. The number of ketones is 1. The van der Waals surface area contributed by atoms with Gasteiger partial charge in [-0.25, -0.2) is 4.39 Å². The Morgan fingerprint density at radius 2 is 1.82 bits per heavy atom. The number of furan rings is 1. The Hall–Kier alpha value is -4.48. The van der Waals surface area contributed by atoms with E-state index in [1.807, 2.05) is 45.0 Å². The summed E-state index contributed by atoms with van der Waals surface area (Å²) in [5.41, 5.74) is 3.40. The normalized spacial score (nSPS) is 11.3. The van der Waals surface area contributed by atoms with Gasteiger partial charge in [-0.2, -0.15) is 5.26 Å². The van der Waals surface area contributed by atoms with Gasteiger partial charge in [-0.15, -0.1) is 0 Å². The van der Waals surface area contributed by atoms with E-state index in [4.69, 9.17) is 9.15 Å². The molecular weight excluding hydrogens is 509 g/mol. The highest BCUT2D eigenvalue weighted by Gasteiger charge is 2.26. The summed E-state index contributed by atoms with van der Waals surface area (Å²) < 4.78 is 25.1. The fourth-order valence-electron chi connectivity index (χ4n) is 4.88. The van der Waals surface area contributed by atoms with Gasteiger partial charge in [0.1, 0.15) is 17.2 Å². The molecule has 0 fully saturated rings. The molecule has 1 amide bonds. The Morgan fingerprint density at radius 1 is 1.10 bits per heavy atom. The maximum Gasteiger partial charge on any atom is 0.255 e. The topological polar surface area (TPSA) is 95.6 Å². The molecule has 0 bridgehead atoms. The predicted octanol–water partition coefficient (Wildman–Crippen LogP) is 6.82. The molecule has 0 saturated heterocycles. The standard InChI is InChI=1S/C32H32FN3O4/c1-6-36(19-34)26-16-28-25(29(31(38)35-4)30(40-28)20-10-12-23(33)13-11-20)15-24(26)21-8-7-9-22(14-21)27(37)17-32(2,3)18-39-5/h7-16H,6,17-18H2,1-5H3,(H,35,38). The number of anilines is 1. The number of nitrogens with one attached hydrogen (secondary N) is 1. The number of nitrogens with zero attached hydrogens (tertiary/aromatic N) is 2. The Labute approximate surface area is 233 Å². The summed E-state index contributed by atoms with van der Waals surface area (Å²) in [6.07, 6.45) is 2.51. The molecule has 0 aliphatic heterocycles. The largest absolute Gasteiger partial charge is 0.455 e. The number of hydrogen-bond donors (Lipinski definition) is 1. The van der Waals surface area contributed by atoms with Crippen molar-refractivity contribution < 1.29 is 23.1 Å². The van der Waals surface area contributed by atoms with Gasteiger partial charge >= 0.3 is 0 Å². The average Bonchev–Trinajstić information content (AvgIpc) is 3.31. The highest BCUT2D eigenvalue weighted by molar-refractivity contribution is 6.13. The Kier molecular flexibility index (Phi) is 8.36. The lowest BCUT2D eigenvalue weighted by Crippen LogP contribution is -2.22. The zero-order valence-corrected chi connectivity index (χ0v) is 23.3. The number of carbonyl (C=O) groups excluding carboxylic acids is 2. The van der Waals surface area contributed by atoms with E-state index in [0.717, 1.165) is 0 Å². The van der Waals surface area contributed by atoms with Crippen LogP contribution in [0.4, 0.5) is 10.1 Å². The number of rotatable bonds is 10. The first kappa shape index (κ1) is 28.5. The number of Topliss-reactive ketones (excluding diaryl/α,β-unsaturated/α-hetero) is 1. The van der Waals surface area contributed by atoms with Gasteiger partial charge in [0.05, 0.1) is 17.9 Å². The molecule has 0 atom stereocenters. The molecule has 40 heavy (non-hydrogen) atoms. The maximum absolute atomic E-state index is 13.6. The van der Waals surface area contributed by atoms with Gasteiger partial charge in [-0.3, -0.25) is 14.5 Å². The molecule has 206 valence electrons. The molecule has 8 heteroatoms. The number of methoxy groups -OCH3 is 1. The van der Waals surface area contributed by atoms with E-state index in [9.17, 15) is 19.2 Å². The summed E-state index contributed by atoms with van der Waals surface area (Å²) in [6, 6.07) is 16.5. The van der Waals surface area contributed by atoms with Crippen molar-refractivity contribution in [2.75, 3.05) is 32.2 Å². The molecule has 0 spiro atoms. The van der Waals surface area contributed by atoms with Crippen LogP contribution in [0.5, 0.6) is 0 Å². The Bertz CT molecular complexity index is 1600. The average molecular weight is 542 g/mol. The van der Waals surface area contributed by atoms with Crippen LogP contribution in [0.3, 0.4) is 0 Å². The highest BCUT2D eigenvalue weighted by atomic mass is 19.1. The molecular formula is C32H32FN3O4. The van der Waals surface area contributed by atoms with Crippen LogP contribution in [0.25, 0.3) is 33.4 Å². The van der Waals surface area contributed by atoms with Gasteiger partial charge in [0.2, 0.25) is 0 Å². The third-order valence-electron chi connectivity index (χ3n) is 6.76. The summed E-state index contributed by atoms with van der Waals surface area (Å²) in [4.78, 5) is 27.8. The third-order valence-corrected chi connectivity index (χ3v) is 6.76. The van der Waals surface area contributed by atoms with E-state index in [1.54, 1.807) is 31.4 Å². The minimum Gasteiger partial charge on any atom is -0.455 e. The summed E-state index contributed by atoms with van der Waals surface area (Å²) in [5.74, 6) is -0.499. The van der Waals surface area contributed by atoms with Crippen LogP contribution in [0.15, 0.2) is 65.1 Å². The van der Waals surface area contributed by atoms with Gasteiger partial charge in [-0.1, -0.05) is 32.0 Å². The highest BCUT2D eigenvalue weighted by Crippen LogP contribution is 2.41. The molecule has 1 heterocycles. The fourth-order valence-corrected chi connectivity index (χ4v) is 4.88. The lowest BCUT2D eigenvalue weighted by Gasteiger charge is -2.22. The predicted molar refractivity (Wildman–Crippen MR) is 154 cm³/mol. The van der Waals surface area contributed by atoms with Gasteiger partial charge in [-0.05, 0) is 54.3 Å². The van der Waals surface area contributed by atoms with Crippen LogP contribution in [0, 0.1) is 22.7 Å². The Balaban J connectivity index is 1.93. The minimum absolute atomic E-state index is 0.0212. The quantitative estimate of drug-likeness (QED) is 0.134. The smallest absolute Gasteiger partial charge is 0.255 e. The second kappa shape index (κ2) is 11.7. The van der Waals surface area contributed by atoms with Crippen LogP contribution in [0.2, 0.25) is 0 Å². The van der Waals surface area contributed by atoms with Gasteiger partial charge in [0.25, 0.3) is 5.91 Å². The second-order valence-corrected chi connectivity index (χ2v) is 10.4. The van der Waals surface area contributed by atoms with Crippen molar-refractivity contribution in [3.8, 4) is 28.6 Å². The van der Waals surface area contributed by atoms with Gasteiger partial charge < -0.3 is 14.5 Å². The first-order valence-electron chi connectivity index (χ1n) is 13.0. The van der Waals surface area contributed by atoms with Crippen LogP contribution >= 0.6 is 0 Å². The Morgan fingerprint density at radius 3 is 2.45 bits per heavy atom. The van der Waals surface area contributed by atoms with Gasteiger partial charge in [0.15, 0.2) is 12.0 Å². The first-order chi connectivity index (χ1) is 19.1. The monoisotopic (exact) mass is 541 g/mol. The number of hydrogen-bond acceptors (Lipinski definition) is 6. The van der Waals surface area contributed by atoms with Crippen LogP contribution < -0.4 is 10.2 Å². The van der Waals surface area contributed by atoms with Crippen molar-refractivity contribution in [2.24, 2.45) is 5.41 Å². The van der Waals surface area contributed by atoms with E-state index in [2.05, 4.69) is 11.5 Å². The van der Waals surface area contributed by atoms with E-state index < -0.39 is 5.82 Å². The number of benzene rings is 3. The lowest BCUT2D eigenvalue weighted by atomic mass is 9.86. The number of halogens is 1. The molecule has 0 saturated carbocycles. The van der Waals surface area contributed by atoms with Gasteiger partial charge in [0, 0.05) is 55.3 Å². The second-order valence-electron chi connectivity index (χ2n) is 10.4. The summed E-state index contributed by atoms with van der Waals surface area (Å²) in [5, 5.41) is 13.1. The van der Waals surface area contributed by atoms with Crippen molar-refractivity contribution in [1.82, 2.24) is 5.32 Å². The summed E-state index contributed by atoms with van der Waals surface area (Å²) >= 11 is 0. The molecule has 4 rings (SSSR count). The third kappa shape index (κ3) is 5.75. The molecule has 4 aromatic rings. The number of ether oxygens (including phenoxy) is 1. The van der Waals surface area contributed by atoms with E-state index >= 15 is 0 Å². The molecule has 7 nitrogen and oxygen atoms in total. The minimum atomic E-state index is -0.404. The SMILES string of the molecule is CCN(C#N)c1cc2oc(-c3ccc(F)cc3)c(C(=O)NC)c2cc1-c1cccc(C(=O)CC(C)(C)COC)c1. The molecule has 0 aliphatic carbocycles. The summed E-state index contributed by atoms with van der Waals surface area (Å²) in [7, 11) is 3.14. The van der Waals surface area contributed by atoms with Crippen LogP contribution in [0.1, 0.15) is 47.9 Å². The first-order valence-corrected chi connectivity index (χ1v) is 13.0. The number of amides is 1. The fraction of sp³-hybridized carbons (Fsp3) is 0.281. The summed E-state index contributed by atoms with van der Waals surface area (Å²) in [6.45, 7) is 6.66. The van der Waals surface area contributed by atoms with Crippen molar-refractivity contribution >= 4 is 28.3 Å². The zero-order valence-electron chi connectivity index (χ0n) is 23.3. The molecule has 1 aromatic heterocycles. The van der Waals surface area contributed by atoms with E-state index in [-0.39, 0.29) is 17.1 Å². The number of carbonyl (C=O) groups is 2. The molecule has 0 aliphatic rings. The molecule has 3 aromatic carbocycles. The van der Waals surface area contributed by atoms with Crippen molar-refractivity contribution in [3.05, 3.63) is 77.6 Å². The van der Waals surface area contributed by atoms with E-state index in [1.165, 1.54) is 24.1 Å². The van der Waals surface area contributed by atoms with Crippen LogP contribution in [-0.2, 0) is 4.74 Å². The van der Waals surface area contributed by atoms with Crippen molar-refractivity contribution in [2.45, 2.75) is 27.2 Å².